The van der Waals surface area contributed by atoms with Gasteiger partial charge in [-0.25, -0.2) is 8.78 Å². The molecule has 0 saturated carbocycles. The van der Waals surface area contributed by atoms with Crippen LogP contribution in [0.2, 0.25) is 0 Å². The highest BCUT2D eigenvalue weighted by molar-refractivity contribution is 5.19. The smallest absolute Gasteiger partial charge is 0.129 e. The Kier molecular flexibility index (Phi) is 4.01. The summed E-state index contributed by atoms with van der Waals surface area (Å²) >= 11 is 0. The fraction of sp³-hybridized carbons (Fsp3) is 0.455. The first-order valence-corrected chi connectivity index (χ1v) is 4.83. The van der Waals surface area contributed by atoms with Crippen molar-refractivity contribution in [3.8, 4) is 0 Å². The number of nitrogens with two attached hydrogens (primary N) is 1. The van der Waals surface area contributed by atoms with Gasteiger partial charge in [-0.3, -0.25) is 0 Å². The molecular weight excluding hydrogens is 184 g/mol. The highest BCUT2D eigenvalue weighted by Gasteiger charge is 2.09. The van der Waals surface area contributed by atoms with E-state index in [4.69, 9.17) is 5.73 Å². The zero-order valence-corrected chi connectivity index (χ0v) is 8.26. The largest absolute Gasteiger partial charge is 0.328 e. The molecule has 0 amide bonds. The van der Waals surface area contributed by atoms with Crippen LogP contribution < -0.4 is 5.73 Å². The fourth-order valence-corrected chi connectivity index (χ4v) is 1.31. The minimum atomic E-state index is -0.478. The van der Waals surface area contributed by atoms with Gasteiger partial charge in [-0.1, -0.05) is 13.0 Å². The van der Waals surface area contributed by atoms with E-state index in [2.05, 4.69) is 0 Å². The van der Waals surface area contributed by atoms with E-state index >= 15 is 0 Å². The molecule has 0 spiro atoms. The van der Waals surface area contributed by atoms with E-state index in [1.54, 1.807) is 0 Å². The number of hydrogen-bond donors (Lipinski definition) is 1. The summed E-state index contributed by atoms with van der Waals surface area (Å²) in [5.41, 5.74) is 5.83. The highest BCUT2D eigenvalue weighted by Crippen LogP contribution is 2.14. The monoisotopic (exact) mass is 199 g/mol. The van der Waals surface area contributed by atoms with Gasteiger partial charge in [0.1, 0.15) is 11.6 Å². The minimum absolute atomic E-state index is 0.0222. The van der Waals surface area contributed by atoms with Crippen molar-refractivity contribution in [1.29, 1.82) is 0 Å². The van der Waals surface area contributed by atoms with Crippen LogP contribution in [0.1, 0.15) is 25.3 Å². The Bertz CT molecular complexity index is 279. The molecule has 1 atom stereocenters. The van der Waals surface area contributed by atoms with Crippen molar-refractivity contribution in [3.63, 3.8) is 0 Å². The van der Waals surface area contributed by atoms with Gasteiger partial charge >= 0.3 is 0 Å². The number of benzene rings is 1. The van der Waals surface area contributed by atoms with Crippen LogP contribution in [-0.2, 0) is 6.42 Å². The zero-order chi connectivity index (χ0) is 10.6. The first-order chi connectivity index (χ1) is 6.65. The van der Waals surface area contributed by atoms with Gasteiger partial charge in [0.15, 0.2) is 0 Å². The molecule has 0 aliphatic heterocycles. The lowest BCUT2D eigenvalue weighted by atomic mass is 10.0. The Morgan fingerprint density at radius 1 is 1.29 bits per heavy atom. The molecule has 0 radical (unpaired) electrons. The van der Waals surface area contributed by atoms with E-state index in [1.807, 2.05) is 6.92 Å². The Hall–Kier alpha value is -0.960. The van der Waals surface area contributed by atoms with Gasteiger partial charge in [0.05, 0.1) is 0 Å². The van der Waals surface area contributed by atoms with Crippen LogP contribution in [0.4, 0.5) is 8.78 Å². The molecule has 78 valence electrons. The second-order valence-corrected chi connectivity index (χ2v) is 3.41. The molecule has 0 aliphatic carbocycles. The molecule has 14 heavy (non-hydrogen) atoms. The second-order valence-electron chi connectivity index (χ2n) is 3.41. The van der Waals surface area contributed by atoms with E-state index < -0.39 is 11.6 Å². The lowest BCUT2D eigenvalue weighted by Crippen LogP contribution is -2.19. The quantitative estimate of drug-likeness (QED) is 0.792. The lowest BCUT2D eigenvalue weighted by Gasteiger charge is -2.09. The van der Waals surface area contributed by atoms with Gasteiger partial charge in [0.2, 0.25) is 0 Å². The van der Waals surface area contributed by atoms with Crippen LogP contribution in [0.15, 0.2) is 18.2 Å². The van der Waals surface area contributed by atoms with Crippen LogP contribution in [0.25, 0.3) is 0 Å². The molecule has 1 nitrogen and oxygen atoms in total. The van der Waals surface area contributed by atoms with Crippen LogP contribution in [0.5, 0.6) is 0 Å². The molecule has 0 saturated heterocycles. The summed E-state index contributed by atoms with van der Waals surface area (Å²) in [5.74, 6) is -0.957. The van der Waals surface area contributed by atoms with Crippen LogP contribution in [-0.4, -0.2) is 6.04 Å². The van der Waals surface area contributed by atoms with Crippen molar-refractivity contribution in [3.05, 3.63) is 35.4 Å². The normalized spacial score (nSPS) is 12.9. The van der Waals surface area contributed by atoms with E-state index in [0.29, 0.717) is 12.8 Å². The maximum Gasteiger partial charge on any atom is 0.129 e. The van der Waals surface area contributed by atoms with E-state index in [9.17, 15) is 8.78 Å². The summed E-state index contributed by atoms with van der Waals surface area (Å²) in [6, 6.07) is 3.94. The predicted octanol–water partition coefficient (Wildman–Crippen LogP) is 2.63. The molecule has 0 fully saturated rings. The topological polar surface area (TPSA) is 26.0 Å². The van der Waals surface area contributed by atoms with Gasteiger partial charge in [0, 0.05) is 11.6 Å². The molecule has 1 aromatic rings. The molecule has 0 heterocycles. The van der Waals surface area contributed by atoms with Crippen LogP contribution >= 0.6 is 0 Å². The van der Waals surface area contributed by atoms with E-state index in [-0.39, 0.29) is 11.6 Å². The summed E-state index contributed by atoms with van der Waals surface area (Å²) in [6.45, 7) is 1.96. The summed E-state index contributed by atoms with van der Waals surface area (Å²) in [4.78, 5) is 0. The molecule has 1 rings (SSSR count). The van der Waals surface area contributed by atoms with Gasteiger partial charge in [-0.2, -0.15) is 0 Å². The minimum Gasteiger partial charge on any atom is -0.328 e. The molecule has 1 aromatic carbocycles. The second kappa shape index (κ2) is 5.05. The maximum absolute atomic E-state index is 13.1. The molecule has 3 heteroatoms. The average Bonchev–Trinajstić information content (AvgIpc) is 2.16. The van der Waals surface area contributed by atoms with Gasteiger partial charge in [-0.15, -0.1) is 0 Å². The van der Waals surface area contributed by atoms with Crippen molar-refractivity contribution < 1.29 is 8.78 Å². The first kappa shape index (κ1) is 11.1. The van der Waals surface area contributed by atoms with Gasteiger partial charge in [-0.05, 0) is 31.4 Å². The highest BCUT2D eigenvalue weighted by atomic mass is 19.1. The van der Waals surface area contributed by atoms with E-state index in [0.717, 1.165) is 6.42 Å². The summed E-state index contributed by atoms with van der Waals surface area (Å²) in [6.07, 6.45) is 1.82. The Morgan fingerprint density at radius 3 is 2.36 bits per heavy atom. The van der Waals surface area contributed by atoms with Crippen molar-refractivity contribution in [2.24, 2.45) is 5.73 Å². The molecule has 0 bridgehead atoms. The third-order valence-electron chi connectivity index (χ3n) is 2.35. The predicted molar refractivity (Wildman–Crippen MR) is 52.9 cm³/mol. The summed E-state index contributed by atoms with van der Waals surface area (Å²) < 4.78 is 26.2. The van der Waals surface area contributed by atoms with Gasteiger partial charge in [0.25, 0.3) is 0 Å². The average molecular weight is 199 g/mol. The number of rotatable bonds is 4. The Morgan fingerprint density at radius 2 is 1.86 bits per heavy atom. The van der Waals surface area contributed by atoms with Crippen molar-refractivity contribution in [2.45, 2.75) is 32.2 Å². The van der Waals surface area contributed by atoms with E-state index in [1.165, 1.54) is 18.2 Å². The SMILES string of the molecule is CCC(N)CCc1c(F)cccc1F. The van der Waals surface area contributed by atoms with Crippen molar-refractivity contribution in [1.82, 2.24) is 0 Å². The van der Waals surface area contributed by atoms with Crippen molar-refractivity contribution in [2.75, 3.05) is 0 Å². The molecule has 0 aromatic heterocycles. The summed E-state index contributed by atoms with van der Waals surface area (Å²) in [5, 5.41) is 0. The van der Waals surface area contributed by atoms with Crippen LogP contribution in [0, 0.1) is 11.6 Å². The Labute approximate surface area is 82.9 Å². The summed E-state index contributed by atoms with van der Waals surface area (Å²) in [7, 11) is 0. The van der Waals surface area contributed by atoms with Crippen LogP contribution in [0.3, 0.4) is 0 Å². The lowest BCUT2D eigenvalue weighted by molar-refractivity contribution is 0.528. The molecule has 0 aliphatic rings. The number of hydrogen-bond acceptors (Lipinski definition) is 1. The fourth-order valence-electron chi connectivity index (χ4n) is 1.31. The Balaban J connectivity index is 2.66. The third kappa shape index (κ3) is 2.77. The van der Waals surface area contributed by atoms with Crippen molar-refractivity contribution >= 4 is 0 Å². The maximum atomic E-state index is 13.1. The first-order valence-electron chi connectivity index (χ1n) is 4.83. The number of halogens is 2. The third-order valence-corrected chi connectivity index (χ3v) is 2.35. The molecule has 1 unspecified atom stereocenters. The van der Waals surface area contributed by atoms with Gasteiger partial charge < -0.3 is 5.73 Å². The molecule has 2 N–H and O–H groups in total. The standard InChI is InChI=1S/C11H15F2N/c1-2-8(14)6-7-9-10(12)4-3-5-11(9)13/h3-5,8H,2,6-7,14H2,1H3. The molecular formula is C11H15F2N. The zero-order valence-electron chi connectivity index (χ0n) is 8.26.